The molecule has 0 radical (unpaired) electrons. The molecule has 1 aliphatic rings. The Morgan fingerprint density at radius 3 is 2.85 bits per heavy atom. The fraction of sp³-hybridized carbons (Fsp3) is 0.438. The molecular formula is C16H20N2S2. The van der Waals surface area contributed by atoms with E-state index in [1.807, 2.05) is 17.3 Å². The van der Waals surface area contributed by atoms with E-state index in [1.165, 1.54) is 36.3 Å². The van der Waals surface area contributed by atoms with Gasteiger partial charge in [0.2, 0.25) is 0 Å². The molecule has 1 heterocycles. The van der Waals surface area contributed by atoms with Crippen LogP contribution in [0.4, 0.5) is 5.69 Å². The van der Waals surface area contributed by atoms with Crippen LogP contribution in [0.25, 0.3) is 0 Å². The first-order valence-electron chi connectivity index (χ1n) is 7.23. The highest BCUT2D eigenvalue weighted by atomic mass is 32.2. The molecule has 20 heavy (non-hydrogen) atoms. The molecule has 0 amide bonds. The SMILES string of the molecule is CC(Nc1ccccc1SC1CCCC1)c1cscn1. The first kappa shape index (κ1) is 14.0. The van der Waals surface area contributed by atoms with E-state index in [4.69, 9.17) is 0 Å². The molecule has 0 saturated heterocycles. The van der Waals surface area contributed by atoms with Crippen molar-refractivity contribution in [2.45, 2.75) is 48.8 Å². The smallest absolute Gasteiger partial charge is 0.0795 e. The summed E-state index contributed by atoms with van der Waals surface area (Å²) in [5.74, 6) is 0. The summed E-state index contributed by atoms with van der Waals surface area (Å²) in [6.45, 7) is 2.17. The van der Waals surface area contributed by atoms with Crippen molar-refractivity contribution >= 4 is 28.8 Å². The van der Waals surface area contributed by atoms with Crippen LogP contribution in [0, 0.1) is 0 Å². The summed E-state index contributed by atoms with van der Waals surface area (Å²) in [7, 11) is 0. The number of hydrogen-bond acceptors (Lipinski definition) is 4. The molecule has 2 aromatic rings. The van der Waals surface area contributed by atoms with Crippen molar-refractivity contribution in [3.63, 3.8) is 0 Å². The van der Waals surface area contributed by atoms with Gasteiger partial charge in [-0.05, 0) is 31.9 Å². The maximum atomic E-state index is 4.39. The molecule has 2 nitrogen and oxygen atoms in total. The average molecular weight is 304 g/mol. The van der Waals surface area contributed by atoms with E-state index in [1.54, 1.807) is 11.3 Å². The highest BCUT2D eigenvalue weighted by Crippen LogP contribution is 2.38. The molecule has 1 atom stereocenters. The number of rotatable bonds is 5. The van der Waals surface area contributed by atoms with Crippen LogP contribution in [0.1, 0.15) is 44.3 Å². The first-order valence-corrected chi connectivity index (χ1v) is 9.05. The third-order valence-electron chi connectivity index (χ3n) is 3.75. The van der Waals surface area contributed by atoms with Crippen LogP contribution in [0.3, 0.4) is 0 Å². The quantitative estimate of drug-likeness (QED) is 0.806. The summed E-state index contributed by atoms with van der Waals surface area (Å²) in [6, 6.07) is 8.91. The van der Waals surface area contributed by atoms with Crippen LogP contribution in [-0.4, -0.2) is 10.2 Å². The molecule has 1 N–H and O–H groups in total. The van der Waals surface area contributed by atoms with Gasteiger partial charge < -0.3 is 5.32 Å². The lowest BCUT2D eigenvalue weighted by atomic mass is 10.2. The summed E-state index contributed by atoms with van der Waals surface area (Å²) in [5.41, 5.74) is 4.26. The van der Waals surface area contributed by atoms with Crippen molar-refractivity contribution in [1.29, 1.82) is 0 Å². The number of nitrogens with zero attached hydrogens (tertiary/aromatic N) is 1. The van der Waals surface area contributed by atoms with Crippen LogP contribution < -0.4 is 5.32 Å². The van der Waals surface area contributed by atoms with Gasteiger partial charge in [-0.3, -0.25) is 0 Å². The molecule has 0 bridgehead atoms. The van der Waals surface area contributed by atoms with Crippen LogP contribution >= 0.6 is 23.1 Å². The topological polar surface area (TPSA) is 24.9 Å². The molecule has 1 aromatic carbocycles. The molecule has 1 aliphatic carbocycles. The van der Waals surface area contributed by atoms with Crippen molar-refractivity contribution in [2.75, 3.05) is 5.32 Å². The van der Waals surface area contributed by atoms with Crippen molar-refractivity contribution in [1.82, 2.24) is 4.98 Å². The van der Waals surface area contributed by atoms with E-state index in [-0.39, 0.29) is 6.04 Å². The minimum absolute atomic E-state index is 0.256. The van der Waals surface area contributed by atoms with Crippen LogP contribution in [0.5, 0.6) is 0 Å². The normalized spacial score (nSPS) is 17.2. The van der Waals surface area contributed by atoms with Crippen LogP contribution in [-0.2, 0) is 0 Å². The molecule has 1 saturated carbocycles. The molecule has 0 aliphatic heterocycles. The van der Waals surface area contributed by atoms with Crippen LogP contribution in [0.15, 0.2) is 40.1 Å². The molecule has 106 valence electrons. The molecular weight excluding hydrogens is 284 g/mol. The van der Waals surface area contributed by atoms with E-state index < -0.39 is 0 Å². The van der Waals surface area contributed by atoms with Gasteiger partial charge in [0.05, 0.1) is 17.2 Å². The van der Waals surface area contributed by atoms with E-state index in [9.17, 15) is 0 Å². The lowest BCUT2D eigenvalue weighted by Crippen LogP contribution is -2.08. The zero-order valence-corrected chi connectivity index (χ0v) is 13.3. The van der Waals surface area contributed by atoms with Gasteiger partial charge >= 0.3 is 0 Å². The predicted molar refractivity (Wildman–Crippen MR) is 88.7 cm³/mol. The van der Waals surface area contributed by atoms with Gasteiger partial charge in [0.15, 0.2) is 0 Å². The second-order valence-corrected chi connectivity index (χ2v) is 7.36. The van der Waals surface area contributed by atoms with Crippen molar-refractivity contribution in [3.8, 4) is 0 Å². The number of nitrogens with one attached hydrogen (secondary N) is 1. The molecule has 4 heteroatoms. The van der Waals surface area contributed by atoms with Gasteiger partial charge in [0.1, 0.15) is 0 Å². The molecule has 0 spiro atoms. The Balaban J connectivity index is 1.72. The average Bonchev–Trinajstić information content (AvgIpc) is 3.13. The van der Waals surface area contributed by atoms with E-state index in [0.29, 0.717) is 0 Å². The zero-order chi connectivity index (χ0) is 13.8. The third kappa shape index (κ3) is 3.36. The largest absolute Gasteiger partial charge is 0.376 e. The Labute approximate surface area is 129 Å². The maximum Gasteiger partial charge on any atom is 0.0795 e. The van der Waals surface area contributed by atoms with Crippen molar-refractivity contribution in [2.24, 2.45) is 0 Å². The standard InChI is InChI=1S/C16H20N2S2/c1-12(15-10-19-11-17-15)18-14-8-4-5-9-16(14)20-13-6-2-3-7-13/h4-5,8-13,18H,2-3,6-7H2,1H3. The van der Waals surface area contributed by atoms with E-state index >= 15 is 0 Å². The Kier molecular flexibility index (Phi) is 4.63. The summed E-state index contributed by atoms with van der Waals surface area (Å²) in [4.78, 5) is 5.77. The van der Waals surface area contributed by atoms with Gasteiger partial charge in [-0.15, -0.1) is 23.1 Å². The van der Waals surface area contributed by atoms with E-state index in [0.717, 1.165) is 10.9 Å². The van der Waals surface area contributed by atoms with Gasteiger partial charge in [-0.1, -0.05) is 25.0 Å². The minimum Gasteiger partial charge on any atom is -0.376 e. The van der Waals surface area contributed by atoms with Gasteiger partial charge in [0, 0.05) is 21.2 Å². The lowest BCUT2D eigenvalue weighted by Gasteiger charge is -2.18. The second kappa shape index (κ2) is 6.64. The fourth-order valence-electron chi connectivity index (χ4n) is 2.62. The minimum atomic E-state index is 0.256. The summed E-state index contributed by atoms with van der Waals surface area (Å²) in [5, 5.41) is 6.52. The first-order chi connectivity index (χ1) is 9.83. The number of benzene rings is 1. The Morgan fingerprint density at radius 1 is 1.30 bits per heavy atom. The summed E-state index contributed by atoms with van der Waals surface area (Å²) < 4.78 is 0. The van der Waals surface area contributed by atoms with E-state index in [2.05, 4.69) is 46.9 Å². The highest BCUT2D eigenvalue weighted by Gasteiger charge is 2.18. The predicted octanol–water partition coefficient (Wildman–Crippen LogP) is 5.35. The Hall–Kier alpha value is -1.00. The number of thiazole rings is 1. The van der Waals surface area contributed by atoms with Crippen molar-refractivity contribution in [3.05, 3.63) is 40.8 Å². The number of anilines is 1. The summed E-state index contributed by atoms with van der Waals surface area (Å²) >= 11 is 3.69. The highest BCUT2D eigenvalue weighted by molar-refractivity contribution is 8.00. The fourth-order valence-corrected chi connectivity index (χ4v) is 4.60. The Bertz CT molecular complexity index is 533. The summed E-state index contributed by atoms with van der Waals surface area (Å²) in [6.07, 6.45) is 5.51. The zero-order valence-electron chi connectivity index (χ0n) is 11.7. The van der Waals surface area contributed by atoms with Gasteiger partial charge in [0.25, 0.3) is 0 Å². The Morgan fingerprint density at radius 2 is 2.10 bits per heavy atom. The van der Waals surface area contributed by atoms with Gasteiger partial charge in [-0.2, -0.15) is 0 Å². The van der Waals surface area contributed by atoms with Crippen LogP contribution in [0.2, 0.25) is 0 Å². The molecule has 1 aromatic heterocycles. The lowest BCUT2D eigenvalue weighted by molar-refractivity contribution is 0.845. The number of hydrogen-bond donors (Lipinski definition) is 1. The van der Waals surface area contributed by atoms with Crippen molar-refractivity contribution < 1.29 is 0 Å². The number of aromatic nitrogens is 1. The number of thioether (sulfide) groups is 1. The maximum absolute atomic E-state index is 4.39. The number of para-hydroxylation sites is 1. The monoisotopic (exact) mass is 304 g/mol. The molecule has 1 unspecified atom stereocenters. The third-order valence-corrected chi connectivity index (χ3v) is 5.77. The molecule has 3 rings (SSSR count). The molecule has 1 fully saturated rings. The van der Waals surface area contributed by atoms with Gasteiger partial charge in [-0.25, -0.2) is 4.98 Å². The second-order valence-electron chi connectivity index (χ2n) is 5.30.